The van der Waals surface area contributed by atoms with Crippen LogP contribution in [0.5, 0.6) is 0 Å². The fourth-order valence-corrected chi connectivity index (χ4v) is 4.11. The van der Waals surface area contributed by atoms with Crippen molar-refractivity contribution in [2.24, 2.45) is 0 Å². The molecule has 1 amide bonds. The normalized spacial score (nSPS) is 11.2. The number of carbonyl (C=O) groups excluding carboxylic acids is 1. The fourth-order valence-electron chi connectivity index (χ4n) is 2.91. The van der Waals surface area contributed by atoms with Crippen molar-refractivity contribution in [3.8, 4) is 0 Å². The van der Waals surface area contributed by atoms with Gasteiger partial charge in [-0.3, -0.25) is 9.10 Å². The van der Waals surface area contributed by atoms with Crippen LogP contribution in [0.1, 0.15) is 27.0 Å². The van der Waals surface area contributed by atoms with Gasteiger partial charge in [-0.25, -0.2) is 8.42 Å². The summed E-state index contributed by atoms with van der Waals surface area (Å²) in [7, 11) is -2.17. The van der Waals surface area contributed by atoms with E-state index in [-0.39, 0.29) is 10.8 Å². The minimum Gasteiger partial charge on any atom is -0.322 e. The summed E-state index contributed by atoms with van der Waals surface area (Å²) in [6, 6.07) is 19.0. The van der Waals surface area contributed by atoms with Gasteiger partial charge in [-0.2, -0.15) is 0 Å². The highest BCUT2D eigenvalue weighted by molar-refractivity contribution is 7.92. The van der Waals surface area contributed by atoms with Crippen LogP contribution in [0.4, 0.5) is 11.4 Å². The standard InChI is InChI=1S/C23H24N2O3S/c1-16-8-14-21(15-9-16)29(27,28)25(4)20-12-10-19(11-13-20)23(26)24-22-7-5-6-17(2)18(22)3/h5-15H,1-4H3,(H,24,26). The van der Waals surface area contributed by atoms with E-state index in [0.29, 0.717) is 11.3 Å². The van der Waals surface area contributed by atoms with Gasteiger partial charge in [0.25, 0.3) is 15.9 Å². The molecule has 0 aliphatic heterocycles. The Bertz CT molecular complexity index is 1140. The van der Waals surface area contributed by atoms with Crippen LogP contribution in [0.3, 0.4) is 0 Å². The van der Waals surface area contributed by atoms with E-state index in [9.17, 15) is 13.2 Å². The zero-order valence-corrected chi connectivity index (χ0v) is 17.7. The minimum absolute atomic E-state index is 0.224. The van der Waals surface area contributed by atoms with Crippen LogP contribution in [0.25, 0.3) is 0 Å². The maximum atomic E-state index is 12.8. The molecule has 0 unspecified atom stereocenters. The first-order valence-electron chi connectivity index (χ1n) is 9.23. The van der Waals surface area contributed by atoms with E-state index in [1.807, 2.05) is 39.0 Å². The maximum Gasteiger partial charge on any atom is 0.264 e. The predicted molar refractivity (Wildman–Crippen MR) is 117 cm³/mol. The van der Waals surface area contributed by atoms with E-state index in [1.54, 1.807) is 48.5 Å². The second-order valence-corrected chi connectivity index (χ2v) is 9.00. The molecule has 0 spiro atoms. The van der Waals surface area contributed by atoms with Crippen molar-refractivity contribution in [1.29, 1.82) is 0 Å². The summed E-state index contributed by atoms with van der Waals surface area (Å²) >= 11 is 0. The fraction of sp³-hybridized carbons (Fsp3) is 0.174. The van der Waals surface area contributed by atoms with Gasteiger partial charge in [0.05, 0.1) is 10.6 Å². The van der Waals surface area contributed by atoms with Gasteiger partial charge >= 0.3 is 0 Å². The Morgan fingerprint density at radius 2 is 1.48 bits per heavy atom. The van der Waals surface area contributed by atoms with E-state index in [0.717, 1.165) is 22.4 Å². The summed E-state index contributed by atoms with van der Waals surface area (Å²) in [5.74, 6) is -0.241. The lowest BCUT2D eigenvalue weighted by Gasteiger charge is -2.20. The molecule has 0 aliphatic carbocycles. The number of hydrogen-bond donors (Lipinski definition) is 1. The lowest BCUT2D eigenvalue weighted by molar-refractivity contribution is 0.102. The SMILES string of the molecule is Cc1ccc(S(=O)(=O)N(C)c2ccc(C(=O)Nc3cccc(C)c3C)cc2)cc1. The molecule has 0 radical (unpaired) electrons. The van der Waals surface area contributed by atoms with Crippen LogP contribution in [0.15, 0.2) is 71.6 Å². The number of amides is 1. The van der Waals surface area contributed by atoms with E-state index >= 15 is 0 Å². The van der Waals surface area contributed by atoms with Gasteiger partial charge in [0.15, 0.2) is 0 Å². The largest absolute Gasteiger partial charge is 0.322 e. The van der Waals surface area contributed by atoms with Crippen LogP contribution >= 0.6 is 0 Å². The molecule has 150 valence electrons. The third kappa shape index (κ3) is 4.32. The number of anilines is 2. The Kier molecular flexibility index (Phi) is 5.75. The summed E-state index contributed by atoms with van der Waals surface area (Å²) in [5.41, 5.74) is 4.80. The molecule has 5 nitrogen and oxygen atoms in total. The molecule has 0 atom stereocenters. The van der Waals surface area contributed by atoms with Crippen LogP contribution in [-0.2, 0) is 10.0 Å². The number of nitrogens with one attached hydrogen (secondary N) is 1. The molecule has 0 fully saturated rings. The Hall–Kier alpha value is -3.12. The molecule has 3 aromatic carbocycles. The third-order valence-electron chi connectivity index (χ3n) is 5.03. The number of rotatable bonds is 5. The van der Waals surface area contributed by atoms with Gasteiger partial charge in [0, 0.05) is 18.3 Å². The average Bonchev–Trinajstić information content (AvgIpc) is 2.71. The van der Waals surface area contributed by atoms with Gasteiger partial charge in [-0.05, 0) is 74.4 Å². The lowest BCUT2D eigenvalue weighted by atomic mass is 10.1. The van der Waals surface area contributed by atoms with E-state index < -0.39 is 10.0 Å². The summed E-state index contributed by atoms with van der Waals surface area (Å²) < 4.78 is 26.9. The van der Waals surface area contributed by atoms with Gasteiger partial charge < -0.3 is 5.32 Å². The van der Waals surface area contributed by atoms with Gasteiger partial charge in [-0.1, -0.05) is 29.8 Å². The van der Waals surface area contributed by atoms with Crippen LogP contribution in [0, 0.1) is 20.8 Å². The molecule has 3 aromatic rings. The highest BCUT2D eigenvalue weighted by Gasteiger charge is 2.21. The Morgan fingerprint density at radius 1 is 0.862 bits per heavy atom. The second-order valence-electron chi connectivity index (χ2n) is 7.03. The molecule has 1 N–H and O–H groups in total. The first-order valence-corrected chi connectivity index (χ1v) is 10.7. The molecule has 3 rings (SSSR count). The van der Waals surface area contributed by atoms with E-state index in [2.05, 4.69) is 5.32 Å². The Morgan fingerprint density at radius 3 is 2.10 bits per heavy atom. The van der Waals surface area contributed by atoms with Crippen molar-refractivity contribution in [2.75, 3.05) is 16.7 Å². The monoisotopic (exact) mass is 408 g/mol. The average molecular weight is 409 g/mol. The molecule has 0 aromatic heterocycles. The Balaban J connectivity index is 1.79. The lowest BCUT2D eigenvalue weighted by Crippen LogP contribution is -2.26. The molecule has 29 heavy (non-hydrogen) atoms. The van der Waals surface area contributed by atoms with Crippen molar-refractivity contribution in [1.82, 2.24) is 0 Å². The van der Waals surface area contributed by atoms with Crippen molar-refractivity contribution in [3.63, 3.8) is 0 Å². The smallest absolute Gasteiger partial charge is 0.264 e. The number of carbonyl (C=O) groups is 1. The van der Waals surface area contributed by atoms with E-state index in [1.165, 1.54) is 11.4 Å². The van der Waals surface area contributed by atoms with E-state index in [4.69, 9.17) is 0 Å². The minimum atomic E-state index is -3.67. The quantitative estimate of drug-likeness (QED) is 0.666. The first kappa shape index (κ1) is 20.6. The van der Waals surface area contributed by atoms with Crippen molar-refractivity contribution in [3.05, 3.63) is 89.0 Å². The summed E-state index contributed by atoms with van der Waals surface area (Å²) in [5, 5.41) is 2.91. The first-order chi connectivity index (χ1) is 13.7. The summed E-state index contributed by atoms with van der Waals surface area (Å²) in [4.78, 5) is 12.8. The molecule has 0 bridgehead atoms. The van der Waals surface area contributed by atoms with Gasteiger partial charge in [-0.15, -0.1) is 0 Å². The van der Waals surface area contributed by atoms with Crippen molar-refractivity contribution in [2.45, 2.75) is 25.7 Å². The van der Waals surface area contributed by atoms with Crippen LogP contribution in [-0.4, -0.2) is 21.4 Å². The Labute approximate surface area is 172 Å². The van der Waals surface area contributed by atoms with Crippen LogP contribution < -0.4 is 9.62 Å². The molecule has 0 saturated heterocycles. The predicted octanol–water partition coefficient (Wildman–Crippen LogP) is 4.69. The molecule has 0 saturated carbocycles. The number of benzene rings is 3. The summed E-state index contributed by atoms with van der Waals surface area (Å²) in [6.07, 6.45) is 0. The topological polar surface area (TPSA) is 66.5 Å². The molecule has 6 heteroatoms. The molecular weight excluding hydrogens is 384 g/mol. The zero-order valence-electron chi connectivity index (χ0n) is 16.9. The number of nitrogens with zero attached hydrogens (tertiary/aromatic N) is 1. The maximum absolute atomic E-state index is 12.8. The molecule has 0 heterocycles. The van der Waals surface area contributed by atoms with Gasteiger partial charge in [0.2, 0.25) is 0 Å². The molecular formula is C23H24N2O3S. The number of aryl methyl sites for hydroxylation is 2. The van der Waals surface area contributed by atoms with Crippen molar-refractivity contribution >= 4 is 27.3 Å². The second kappa shape index (κ2) is 8.09. The molecule has 0 aliphatic rings. The highest BCUT2D eigenvalue weighted by Crippen LogP contribution is 2.24. The summed E-state index contributed by atoms with van der Waals surface area (Å²) in [6.45, 7) is 5.85. The van der Waals surface area contributed by atoms with Gasteiger partial charge in [0.1, 0.15) is 0 Å². The number of hydrogen-bond acceptors (Lipinski definition) is 3. The zero-order chi connectivity index (χ0) is 21.2. The third-order valence-corrected chi connectivity index (χ3v) is 6.83. The van der Waals surface area contributed by atoms with Crippen molar-refractivity contribution < 1.29 is 13.2 Å². The van der Waals surface area contributed by atoms with Crippen LogP contribution in [0.2, 0.25) is 0 Å². The highest BCUT2D eigenvalue weighted by atomic mass is 32.2. The number of sulfonamides is 1.